The van der Waals surface area contributed by atoms with Crippen LogP contribution in [0.5, 0.6) is 11.5 Å². The number of rotatable bonds is 7. The largest absolute Gasteiger partial charge is 0.504 e. The van der Waals surface area contributed by atoms with Gasteiger partial charge >= 0.3 is 5.97 Å². The summed E-state index contributed by atoms with van der Waals surface area (Å²) in [6.45, 7) is 2.65. The van der Waals surface area contributed by atoms with E-state index in [1.54, 1.807) is 6.92 Å². The number of carboxylic acids is 1. The van der Waals surface area contributed by atoms with Gasteiger partial charge in [0.1, 0.15) is 4.75 Å². The van der Waals surface area contributed by atoms with Crippen LogP contribution < -0.4 is 5.43 Å². The molecule has 152 valence electrons. The molecular weight excluding hydrogens is 394 g/mol. The minimum Gasteiger partial charge on any atom is -0.504 e. The number of thiol groups is 1. The van der Waals surface area contributed by atoms with Gasteiger partial charge in [0.05, 0.1) is 5.56 Å². The summed E-state index contributed by atoms with van der Waals surface area (Å²) in [6.07, 6.45) is 0.813. The van der Waals surface area contributed by atoms with E-state index in [0.717, 1.165) is 17.9 Å². The number of carbonyl (C=O) groups is 3. The highest BCUT2D eigenvalue weighted by Gasteiger charge is 2.52. The van der Waals surface area contributed by atoms with E-state index in [1.807, 2.05) is 5.43 Å². The third-order valence-electron chi connectivity index (χ3n) is 4.44. The molecule has 0 saturated carbocycles. The first-order valence-electron chi connectivity index (χ1n) is 8.04. The molecule has 28 heavy (non-hydrogen) atoms. The Labute approximate surface area is 161 Å². The lowest BCUT2D eigenvalue weighted by atomic mass is 9.92. The first-order valence-corrected chi connectivity index (χ1v) is 9.22. The summed E-state index contributed by atoms with van der Waals surface area (Å²) in [5, 5.41) is 32.1. The average molecular weight is 413 g/mol. The summed E-state index contributed by atoms with van der Waals surface area (Å²) in [6, 6.07) is 1.43. The van der Waals surface area contributed by atoms with E-state index in [1.165, 1.54) is 12.1 Å². The Morgan fingerprint density at radius 3 is 2.54 bits per heavy atom. The molecule has 11 nitrogen and oxygen atoms in total. The Morgan fingerprint density at radius 1 is 1.39 bits per heavy atom. The monoisotopic (exact) mass is 413 g/mol. The second-order valence-corrected chi connectivity index (χ2v) is 7.93. The van der Waals surface area contributed by atoms with E-state index >= 15 is 0 Å². The molecule has 0 radical (unpaired) electrons. The number of hydrogen-bond acceptors (Lipinski definition) is 8. The van der Waals surface area contributed by atoms with Crippen LogP contribution in [0.15, 0.2) is 23.3 Å². The first kappa shape index (κ1) is 21.2. The normalized spacial score (nSPS) is 19.9. The minimum atomic E-state index is -3.42. The number of amides is 2. The first-order chi connectivity index (χ1) is 13.0. The lowest BCUT2D eigenvalue weighted by Gasteiger charge is -2.45. The van der Waals surface area contributed by atoms with Crippen LogP contribution in [0.3, 0.4) is 0 Å². The molecule has 2 amide bonds. The Balaban J connectivity index is 2.30. The maximum Gasteiger partial charge on any atom is 0.328 e. The zero-order chi connectivity index (χ0) is 21.2. The van der Waals surface area contributed by atoms with Gasteiger partial charge in [0.25, 0.3) is 5.91 Å². The Morgan fingerprint density at radius 2 is 2.04 bits per heavy atom. The Kier molecular flexibility index (Phi) is 5.92. The lowest BCUT2D eigenvalue weighted by molar-refractivity contribution is -0.161. The van der Waals surface area contributed by atoms with Gasteiger partial charge in [0.2, 0.25) is 5.91 Å². The quantitative estimate of drug-likeness (QED) is 0.128. The van der Waals surface area contributed by atoms with E-state index in [4.69, 9.17) is 0 Å². The topological polar surface area (TPSA) is 174 Å². The van der Waals surface area contributed by atoms with Gasteiger partial charge in [-0.2, -0.15) is 5.10 Å². The van der Waals surface area contributed by atoms with E-state index in [-0.39, 0.29) is 12.0 Å². The molecule has 2 rings (SSSR count). The van der Waals surface area contributed by atoms with Crippen LogP contribution in [0.25, 0.3) is 0 Å². The van der Waals surface area contributed by atoms with Crippen LogP contribution in [-0.2, 0) is 20.3 Å². The van der Waals surface area contributed by atoms with Crippen LogP contribution in [-0.4, -0.2) is 69.5 Å². The molecule has 1 aromatic carbocycles. The lowest BCUT2D eigenvalue weighted by Crippen LogP contribution is -2.66. The third kappa shape index (κ3) is 3.76. The number of hydrazone groups is 1. The summed E-state index contributed by atoms with van der Waals surface area (Å²) in [4.78, 5) is 36.5. The second-order valence-electron chi connectivity index (χ2n) is 6.45. The fourth-order valence-electron chi connectivity index (χ4n) is 2.85. The van der Waals surface area contributed by atoms with Crippen molar-refractivity contribution in [3.8, 4) is 11.5 Å². The number of para-hydroxylation sites is 1. The van der Waals surface area contributed by atoms with Gasteiger partial charge in [0, 0.05) is 18.7 Å². The number of β-lactam (4-membered cyclic amide) rings is 1. The van der Waals surface area contributed by atoms with Gasteiger partial charge in [-0.15, -0.1) is 0 Å². The van der Waals surface area contributed by atoms with Crippen molar-refractivity contribution in [3.05, 3.63) is 23.8 Å². The zero-order valence-corrected chi connectivity index (χ0v) is 15.8. The van der Waals surface area contributed by atoms with Crippen molar-refractivity contribution in [1.82, 2.24) is 10.3 Å². The second kappa shape index (κ2) is 7.84. The number of hydrogen-bond donors (Lipinski definition) is 5. The van der Waals surface area contributed by atoms with Gasteiger partial charge in [0.15, 0.2) is 28.2 Å². The molecule has 1 saturated heterocycles. The van der Waals surface area contributed by atoms with Crippen molar-refractivity contribution in [1.29, 1.82) is 0 Å². The number of carboxylic acid groups (broad SMARTS) is 1. The highest BCUT2D eigenvalue weighted by Crippen LogP contribution is 2.30. The number of phenols is 2. The fraction of sp³-hybridized carbons (Fsp3) is 0.375. The number of likely N-dealkylation sites (tertiary alicyclic amines) is 1. The molecular formula is C16H19N3O8S. The highest BCUT2D eigenvalue weighted by molar-refractivity contribution is 7.75. The number of aromatic hydroxyl groups is 2. The average Bonchev–Trinajstić information content (AvgIpc) is 2.61. The van der Waals surface area contributed by atoms with E-state index in [2.05, 4.69) is 5.10 Å². The molecule has 3 atom stereocenters. The number of aliphatic carboxylic acids is 1. The maximum absolute atomic E-state index is 12.1. The van der Waals surface area contributed by atoms with Crippen molar-refractivity contribution >= 4 is 34.7 Å². The standard InChI is InChI=1S/C16H19N3O8S/c1-8-6-11(21)19(8)13(15(24)25)16(2,28(26)27)7-17-18-14(23)9-4-3-5-10(20)12(9)22/h3-5,7-8,13,20,22,28H,6H2,1-2H3,(H,18,23)(H,24,25)/b17-7+/t8-,13+,16+/m1/s1. The van der Waals surface area contributed by atoms with Crippen molar-refractivity contribution in [2.45, 2.75) is 37.1 Å². The molecule has 12 heteroatoms. The number of nitrogens with one attached hydrogen (secondary N) is 1. The molecule has 0 spiro atoms. The van der Waals surface area contributed by atoms with Gasteiger partial charge in [-0.25, -0.2) is 18.6 Å². The SMILES string of the molecule is C[C@@H]1CC(=O)N1[C@@H](C(=O)O)[C@](C)(/C=N/NC(=O)c1cccc(O)c1O)[SH](=O)=O. The van der Waals surface area contributed by atoms with E-state index in [9.17, 15) is 38.1 Å². The number of benzene rings is 1. The van der Waals surface area contributed by atoms with Crippen LogP contribution in [0.2, 0.25) is 0 Å². The van der Waals surface area contributed by atoms with E-state index in [0.29, 0.717) is 6.21 Å². The fourth-order valence-corrected chi connectivity index (χ4v) is 3.44. The molecule has 1 fully saturated rings. The van der Waals surface area contributed by atoms with E-state index < -0.39 is 56.8 Å². The van der Waals surface area contributed by atoms with Gasteiger partial charge in [-0.05, 0) is 26.0 Å². The maximum atomic E-state index is 12.1. The summed E-state index contributed by atoms with van der Waals surface area (Å²) in [7, 11) is -3.42. The Hall–Kier alpha value is -3.15. The van der Waals surface area contributed by atoms with Gasteiger partial charge in [-0.3, -0.25) is 9.59 Å². The van der Waals surface area contributed by atoms with Crippen LogP contribution >= 0.6 is 0 Å². The molecule has 1 aromatic rings. The van der Waals surface area contributed by atoms with Crippen molar-refractivity contribution in [3.63, 3.8) is 0 Å². The summed E-state index contributed by atoms with van der Waals surface area (Å²) >= 11 is 0. The zero-order valence-electron chi connectivity index (χ0n) is 14.9. The molecule has 0 aromatic heterocycles. The number of phenolic OH excluding ortho intramolecular Hbond substituents is 2. The van der Waals surface area contributed by atoms with Crippen LogP contribution in [0, 0.1) is 0 Å². The smallest absolute Gasteiger partial charge is 0.328 e. The van der Waals surface area contributed by atoms with Crippen molar-refractivity contribution in [2.75, 3.05) is 0 Å². The molecule has 1 aliphatic rings. The molecule has 1 aliphatic heterocycles. The number of nitrogens with zero attached hydrogens (tertiary/aromatic N) is 2. The summed E-state index contributed by atoms with van der Waals surface area (Å²) in [5.74, 6) is -4.25. The molecule has 4 N–H and O–H groups in total. The van der Waals surface area contributed by atoms with Crippen LogP contribution in [0.1, 0.15) is 30.6 Å². The molecule has 0 bridgehead atoms. The Bertz CT molecular complexity index is 920. The summed E-state index contributed by atoms with van der Waals surface area (Å²) < 4.78 is 21.5. The summed E-state index contributed by atoms with van der Waals surface area (Å²) in [5.41, 5.74) is 1.64. The van der Waals surface area contributed by atoms with Gasteiger partial charge in [-0.1, -0.05) is 6.07 Å². The third-order valence-corrected chi connectivity index (χ3v) is 5.59. The van der Waals surface area contributed by atoms with Crippen molar-refractivity contribution in [2.24, 2.45) is 5.10 Å². The van der Waals surface area contributed by atoms with Gasteiger partial charge < -0.3 is 20.2 Å². The van der Waals surface area contributed by atoms with Crippen molar-refractivity contribution < 1.29 is 38.1 Å². The molecule has 0 unspecified atom stereocenters. The molecule has 1 heterocycles. The predicted octanol–water partition coefficient (Wildman–Crippen LogP) is -0.743. The molecule has 0 aliphatic carbocycles. The van der Waals surface area contributed by atoms with Crippen LogP contribution in [0.4, 0.5) is 0 Å². The predicted molar refractivity (Wildman–Crippen MR) is 96.8 cm³/mol. The minimum absolute atomic E-state index is 0.0974. The highest BCUT2D eigenvalue weighted by atomic mass is 32.2. The number of carbonyl (C=O) groups excluding carboxylic acids is 2.